The molecule has 0 heterocycles. The molecule has 0 saturated carbocycles. The van der Waals surface area contributed by atoms with Crippen LogP contribution in [-0.2, 0) is 4.74 Å². The van der Waals surface area contributed by atoms with Crippen LogP contribution >= 0.6 is 0 Å². The van der Waals surface area contributed by atoms with Gasteiger partial charge in [-0.25, -0.2) is 10.3 Å². The lowest BCUT2D eigenvalue weighted by molar-refractivity contribution is 0.0600. The second-order valence-electron chi connectivity index (χ2n) is 4.06. The van der Waals surface area contributed by atoms with Gasteiger partial charge in [0.05, 0.1) is 12.7 Å². The van der Waals surface area contributed by atoms with Crippen LogP contribution in [0.15, 0.2) is 59.7 Å². The van der Waals surface area contributed by atoms with Crippen molar-refractivity contribution in [3.63, 3.8) is 0 Å². The number of benzene rings is 2. The molecule has 1 N–H and O–H groups in total. The number of hydrogen-bond acceptors (Lipinski definition) is 4. The summed E-state index contributed by atoms with van der Waals surface area (Å²) in [6.45, 7) is 0. The van der Waals surface area contributed by atoms with Crippen LogP contribution in [0.25, 0.3) is 0 Å². The van der Waals surface area contributed by atoms with Crippen molar-refractivity contribution in [2.45, 2.75) is 6.04 Å². The molecule has 2 aromatic carbocycles. The second-order valence-corrected chi connectivity index (χ2v) is 4.06. The van der Waals surface area contributed by atoms with E-state index >= 15 is 0 Å². The van der Waals surface area contributed by atoms with E-state index in [2.05, 4.69) is 9.85 Å². The monoisotopic (exact) mass is 254 g/mol. The number of hydrogen-bond donors (Lipinski definition) is 1. The van der Waals surface area contributed by atoms with E-state index in [0.29, 0.717) is 5.56 Å². The van der Waals surface area contributed by atoms with Gasteiger partial charge in [-0.05, 0) is 23.3 Å². The molecule has 4 heteroatoms. The molecule has 0 saturated heterocycles. The Labute approximate surface area is 111 Å². The van der Waals surface area contributed by atoms with Crippen LogP contribution < -0.4 is 0 Å². The lowest BCUT2D eigenvalue weighted by Gasteiger charge is -2.11. The summed E-state index contributed by atoms with van der Waals surface area (Å²) < 4.78 is 4.65. The van der Waals surface area contributed by atoms with Gasteiger partial charge in [0.25, 0.3) is 0 Å². The maximum absolute atomic E-state index is 11.4. The van der Waals surface area contributed by atoms with Gasteiger partial charge >= 0.3 is 5.97 Å². The zero-order valence-electron chi connectivity index (χ0n) is 10.5. The number of methoxy groups -OCH3 is 1. The second kappa shape index (κ2) is 5.91. The first-order valence-corrected chi connectivity index (χ1v) is 5.86. The number of esters is 1. The van der Waals surface area contributed by atoms with Crippen LogP contribution in [0.3, 0.4) is 0 Å². The molecular formula is C15H14N2O2. The Balaban J connectivity index is 2.30. The third kappa shape index (κ3) is 2.85. The molecule has 1 atom stereocenters. The van der Waals surface area contributed by atoms with Gasteiger partial charge in [0, 0.05) is 0 Å². The van der Waals surface area contributed by atoms with Crippen molar-refractivity contribution >= 4 is 5.97 Å². The molecule has 0 aliphatic rings. The number of carbonyl (C=O) groups excluding carboxylic acids is 1. The molecule has 0 aliphatic heterocycles. The van der Waals surface area contributed by atoms with E-state index in [4.69, 9.17) is 5.53 Å². The molecular weight excluding hydrogens is 240 g/mol. The molecule has 4 nitrogen and oxygen atoms in total. The number of ether oxygens (including phenoxy) is 1. The van der Waals surface area contributed by atoms with Crippen molar-refractivity contribution in [2.24, 2.45) is 5.11 Å². The minimum atomic E-state index is -0.370. The molecule has 1 unspecified atom stereocenters. The topological polar surface area (TPSA) is 62.5 Å². The van der Waals surface area contributed by atoms with Gasteiger partial charge in [0.1, 0.15) is 6.04 Å². The summed E-state index contributed by atoms with van der Waals surface area (Å²) in [5, 5.41) is 3.66. The summed E-state index contributed by atoms with van der Waals surface area (Å²) >= 11 is 0. The van der Waals surface area contributed by atoms with E-state index < -0.39 is 0 Å². The Hall–Kier alpha value is -2.49. The molecule has 19 heavy (non-hydrogen) atoms. The van der Waals surface area contributed by atoms with Crippen molar-refractivity contribution in [1.82, 2.24) is 0 Å². The Morgan fingerprint density at radius 2 is 1.63 bits per heavy atom. The summed E-state index contributed by atoms with van der Waals surface area (Å²) in [6.07, 6.45) is 0. The number of carbonyl (C=O) groups is 1. The van der Waals surface area contributed by atoms with E-state index in [1.807, 2.05) is 30.3 Å². The van der Waals surface area contributed by atoms with Gasteiger partial charge in [0.2, 0.25) is 0 Å². The minimum absolute atomic E-state index is 0.340. The van der Waals surface area contributed by atoms with E-state index in [1.54, 1.807) is 24.3 Å². The average molecular weight is 254 g/mol. The first kappa shape index (κ1) is 13.0. The highest BCUT2D eigenvalue weighted by atomic mass is 16.5. The van der Waals surface area contributed by atoms with Crippen molar-refractivity contribution < 1.29 is 9.53 Å². The minimum Gasteiger partial charge on any atom is -0.465 e. The fraction of sp³-hybridized carbons (Fsp3) is 0.133. The van der Waals surface area contributed by atoms with Crippen LogP contribution in [0.1, 0.15) is 27.5 Å². The van der Waals surface area contributed by atoms with Crippen LogP contribution in [0.5, 0.6) is 0 Å². The average Bonchev–Trinajstić information content (AvgIpc) is 2.49. The van der Waals surface area contributed by atoms with Crippen molar-refractivity contribution in [2.75, 3.05) is 7.11 Å². The van der Waals surface area contributed by atoms with Crippen molar-refractivity contribution in [3.8, 4) is 0 Å². The lowest BCUT2D eigenvalue weighted by atomic mass is 9.98. The predicted molar refractivity (Wildman–Crippen MR) is 71.2 cm³/mol. The van der Waals surface area contributed by atoms with E-state index in [1.165, 1.54) is 7.11 Å². The smallest absolute Gasteiger partial charge is 0.337 e. The summed E-state index contributed by atoms with van der Waals surface area (Å²) in [5.74, 6) is -0.370. The normalized spacial score (nSPS) is 11.6. The first-order chi connectivity index (χ1) is 9.26. The Morgan fingerprint density at radius 1 is 1.05 bits per heavy atom. The Bertz CT molecular complexity index is 564. The highest BCUT2D eigenvalue weighted by Crippen LogP contribution is 2.25. The molecule has 2 rings (SSSR count). The quantitative estimate of drug-likeness (QED) is 0.669. The summed E-state index contributed by atoms with van der Waals surface area (Å²) in [5.41, 5.74) is 9.65. The third-order valence-corrected chi connectivity index (χ3v) is 2.89. The molecule has 0 aromatic heterocycles. The zero-order chi connectivity index (χ0) is 13.7. The number of rotatable bonds is 4. The van der Waals surface area contributed by atoms with Gasteiger partial charge in [-0.15, -0.1) is 0 Å². The number of nitrogens with one attached hydrogen (secondary N) is 1. The molecule has 0 radical (unpaired) electrons. The SMILES string of the molecule is COC(=O)c1ccc(C(N=N)c2ccccc2)cc1. The number of nitrogens with zero attached hydrogens (tertiary/aromatic N) is 1. The maximum Gasteiger partial charge on any atom is 0.337 e. The van der Waals surface area contributed by atoms with Crippen molar-refractivity contribution in [1.29, 1.82) is 5.53 Å². The highest BCUT2D eigenvalue weighted by molar-refractivity contribution is 5.89. The Kier molecular flexibility index (Phi) is 4.03. The van der Waals surface area contributed by atoms with Crippen LogP contribution in [-0.4, -0.2) is 13.1 Å². The largest absolute Gasteiger partial charge is 0.465 e. The summed E-state index contributed by atoms with van der Waals surface area (Å²) in [4.78, 5) is 11.4. The fourth-order valence-electron chi connectivity index (χ4n) is 1.90. The predicted octanol–water partition coefficient (Wildman–Crippen LogP) is 3.59. The molecule has 0 fully saturated rings. The molecule has 0 spiro atoms. The maximum atomic E-state index is 11.4. The molecule has 0 aliphatic carbocycles. The van der Waals surface area contributed by atoms with Crippen LogP contribution in [0.4, 0.5) is 0 Å². The standard InChI is InChI=1S/C15H14N2O2/c1-19-15(18)13-9-7-12(8-10-13)14(17-16)11-5-3-2-4-6-11/h2-10,14,16H,1H3. The molecule has 0 bridgehead atoms. The third-order valence-electron chi connectivity index (χ3n) is 2.89. The fourth-order valence-corrected chi connectivity index (χ4v) is 1.90. The van der Waals surface area contributed by atoms with Crippen molar-refractivity contribution in [3.05, 3.63) is 71.3 Å². The van der Waals surface area contributed by atoms with Crippen LogP contribution in [0, 0.1) is 5.53 Å². The van der Waals surface area contributed by atoms with E-state index in [0.717, 1.165) is 11.1 Å². The van der Waals surface area contributed by atoms with Gasteiger partial charge < -0.3 is 4.74 Å². The van der Waals surface area contributed by atoms with E-state index in [9.17, 15) is 4.79 Å². The zero-order valence-corrected chi connectivity index (χ0v) is 10.5. The summed E-state index contributed by atoms with van der Waals surface area (Å²) in [7, 11) is 1.35. The first-order valence-electron chi connectivity index (χ1n) is 5.86. The highest BCUT2D eigenvalue weighted by Gasteiger charge is 2.13. The van der Waals surface area contributed by atoms with Gasteiger partial charge in [-0.1, -0.05) is 42.5 Å². The van der Waals surface area contributed by atoms with Gasteiger partial charge in [-0.2, -0.15) is 5.11 Å². The van der Waals surface area contributed by atoms with Gasteiger partial charge in [-0.3, -0.25) is 0 Å². The van der Waals surface area contributed by atoms with Crippen LogP contribution in [0.2, 0.25) is 0 Å². The van der Waals surface area contributed by atoms with E-state index in [-0.39, 0.29) is 12.0 Å². The Morgan fingerprint density at radius 3 is 2.16 bits per heavy atom. The molecule has 2 aromatic rings. The summed E-state index contributed by atoms with van der Waals surface area (Å²) in [6, 6.07) is 16.2. The lowest BCUT2D eigenvalue weighted by Crippen LogP contribution is -2.02. The van der Waals surface area contributed by atoms with Gasteiger partial charge in [0.15, 0.2) is 0 Å². The molecule has 0 amide bonds. The molecule has 96 valence electrons.